The summed E-state index contributed by atoms with van der Waals surface area (Å²) in [6, 6.07) is 7.41. The predicted octanol–water partition coefficient (Wildman–Crippen LogP) is 2.88. The van der Waals surface area contributed by atoms with Crippen LogP contribution in [0.5, 0.6) is 0 Å². The fourth-order valence-corrected chi connectivity index (χ4v) is 4.45. The molecular formula is C19H16F2N4O4S. The van der Waals surface area contributed by atoms with Crippen molar-refractivity contribution in [1.29, 1.82) is 0 Å². The topological polar surface area (TPSA) is 105 Å². The molecule has 3 aromatic rings. The number of carbonyl (C=O) groups excluding carboxylic acids is 1. The quantitative estimate of drug-likeness (QED) is 0.683. The Morgan fingerprint density at radius 1 is 1.23 bits per heavy atom. The molecule has 1 aromatic heterocycles. The van der Waals surface area contributed by atoms with E-state index >= 15 is 0 Å². The first-order valence-corrected chi connectivity index (χ1v) is 10.4. The molecule has 2 heterocycles. The Morgan fingerprint density at radius 2 is 2.00 bits per heavy atom. The van der Waals surface area contributed by atoms with Crippen molar-refractivity contribution >= 4 is 39.1 Å². The fourth-order valence-electron chi connectivity index (χ4n) is 3.12. The lowest BCUT2D eigenvalue weighted by Crippen LogP contribution is -2.43. The van der Waals surface area contributed by atoms with Gasteiger partial charge >= 0.3 is 5.91 Å². The van der Waals surface area contributed by atoms with Crippen LogP contribution in [0.2, 0.25) is 0 Å². The van der Waals surface area contributed by atoms with Crippen LogP contribution in [0.15, 0.2) is 45.8 Å². The summed E-state index contributed by atoms with van der Waals surface area (Å²) >= 11 is 0. The van der Waals surface area contributed by atoms with Gasteiger partial charge in [-0.05, 0) is 37.3 Å². The maximum Gasteiger partial charge on any atom is 0.311 e. The van der Waals surface area contributed by atoms with Gasteiger partial charge in [-0.25, -0.2) is 22.2 Å². The van der Waals surface area contributed by atoms with Crippen LogP contribution in [0.1, 0.15) is 23.2 Å². The first kappa shape index (κ1) is 20.0. The SMILES string of the molecule is CN1C=NC(C)(c2cc(NC(=O)c3nc4ccc(F)cc4o3)ccc2F)CS1(=O)=O. The van der Waals surface area contributed by atoms with Gasteiger partial charge in [-0.2, -0.15) is 0 Å². The van der Waals surface area contributed by atoms with E-state index in [4.69, 9.17) is 4.42 Å². The third-order valence-corrected chi connectivity index (χ3v) is 6.66. The number of amides is 1. The summed E-state index contributed by atoms with van der Waals surface area (Å²) in [6.45, 7) is 1.49. The molecule has 0 aliphatic carbocycles. The molecule has 2 aromatic carbocycles. The van der Waals surface area contributed by atoms with Crippen molar-refractivity contribution in [1.82, 2.24) is 9.29 Å². The number of benzene rings is 2. The highest BCUT2D eigenvalue weighted by Gasteiger charge is 2.39. The number of sulfonamides is 1. The summed E-state index contributed by atoms with van der Waals surface area (Å²) in [5.41, 5.74) is -0.755. The largest absolute Gasteiger partial charge is 0.432 e. The monoisotopic (exact) mass is 434 g/mol. The van der Waals surface area contributed by atoms with Gasteiger partial charge in [0.05, 0.1) is 12.1 Å². The minimum atomic E-state index is -3.66. The van der Waals surface area contributed by atoms with Crippen molar-refractivity contribution in [2.75, 3.05) is 18.1 Å². The molecular weight excluding hydrogens is 418 g/mol. The Hall–Kier alpha value is -3.34. The van der Waals surface area contributed by atoms with E-state index in [0.29, 0.717) is 5.52 Å². The molecule has 11 heteroatoms. The number of aliphatic imine (C=N–C) groups is 1. The molecule has 0 bridgehead atoms. The van der Waals surface area contributed by atoms with Gasteiger partial charge in [0.1, 0.15) is 22.7 Å². The molecule has 1 aliphatic heterocycles. The third kappa shape index (κ3) is 3.52. The molecule has 4 rings (SSSR count). The number of fused-ring (bicyclic) bond motifs is 1. The Bertz CT molecular complexity index is 1310. The van der Waals surface area contributed by atoms with E-state index in [1.54, 1.807) is 0 Å². The number of rotatable bonds is 3. The van der Waals surface area contributed by atoms with Crippen molar-refractivity contribution in [2.45, 2.75) is 12.5 Å². The zero-order chi connectivity index (χ0) is 21.7. The molecule has 1 unspecified atom stereocenters. The second-order valence-electron chi connectivity index (χ2n) is 7.07. The van der Waals surface area contributed by atoms with Crippen LogP contribution in [0.4, 0.5) is 14.5 Å². The molecule has 156 valence electrons. The summed E-state index contributed by atoms with van der Waals surface area (Å²) in [4.78, 5) is 20.7. The Balaban J connectivity index is 1.64. The van der Waals surface area contributed by atoms with Gasteiger partial charge in [-0.1, -0.05) is 0 Å². The van der Waals surface area contributed by atoms with Gasteiger partial charge in [0.25, 0.3) is 5.89 Å². The zero-order valence-corrected chi connectivity index (χ0v) is 16.7. The number of anilines is 1. The number of hydrogen-bond donors (Lipinski definition) is 1. The molecule has 1 atom stereocenters. The highest BCUT2D eigenvalue weighted by atomic mass is 32.2. The highest BCUT2D eigenvalue weighted by molar-refractivity contribution is 7.89. The summed E-state index contributed by atoms with van der Waals surface area (Å²) in [7, 11) is -2.31. The fraction of sp³-hybridized carbons (Fsp3) is 0.211. The standard InChI is InChI=1S/C19H16F2N4O4S/c1-19(9-30(27,28)25(2)10-22-19)13-8-12(4-5-14(13)21)23-17(26)18-24-15-6-3-11(20)7-16(15)29-18/h3-8,10H,9H2,1-2H3,(H,23,26). The van der Waals surface area contributed by atoms with Crippen LogP contribution < -0.4 is 5.32 Å². The number of aromatic nitrogens is 1. The smallest absolute Gasteiger partial charge is 0.311 e. The Kier molecular flexibility index (Phi) is 4.57. The van der Waals surface area contributed by atoms with Crippen LogP contribution in [0.3, 0.4) is 0 Å². The predicted molar refractivity (Wildman–Crippen MR) is 106 cm³/mol. The summed E-state index contributed by atoms with van der Waals surface area (Å²) in [5.74, 6) is -2.65. The van der Waals surface area contributed by atoms with E-state index in [9.17, 15) is 22.0 Å². The molecule has 8 nitrogen and oxygen atoms in total. The second kappa shape index (κ2) is 6.87. The average molecular weight is 434 g/mol. The zero-order valence-electron chi connectivity index (χ0n) is 15.9. The lowest BCUT2D eigenvalue weighted by Gasteiger charge is -2.32. The van der Waals surface area contributed by atoms with Gasteiger partial charge in [-0.15, -0.1) is 0 Å². The van der Waals surface area contributed by atoms with Gasteiger partial charge in [-0.3, -0.25) is 14.1 Å². The van der Waals surface area contributed by atoms with Crippen LogP contribution in [0, 0.1) is 11.6 Å². The van der Waals surface area contributed by atoms with Gasteiger partial charge in [0.2, 0.25) is 10.0 Å². The molecule has 1 aliphatic rings. The van der Waals surface area contributed by atoms with Crippen LogP contribution in [-0.4, -0.2) is 42.8 Å². The lowest BCUT2D eigenvalue weighted by molar-refractivity contribution is 0.0992. The molecule has 1 amide bonds. The molecule has 0 saturated carbocycles. The van der Waals surface area contributed by atoms with Crippen LogP contribution in [-0.2, 0) is 15.6 Å². The van der Waals surface area contributed by atoms with Crippen LogP contribution in [0.25, 0.3) is 11.1 Å². The van der Waals surface area contributed by atoms with E-state index < -0.39 is 38.9 Å². The molecule has 30 heavy (non-hydrogen) atoms. The van der Waals surface area contributed by atoms with E-state index in [1.165, 1.54) is 38.2 Å². The molecule has 0 saturated heterocycles. The van der Waals surface area contributed by atoms with Gasteiger partial charge < -0.3 is 9.73 Å². The third-order valence-electron chi connectivity index (χ3n) is 4.76. The number of carbonyl (C=O) groups is 1. The highest BCUT2D eigenvalue weighted by Crippen LogP contribution is 2.34. The lowest BCUT2D eigenvalue weighted by atomic mass is 9.93. The molecule has 0 radical (unpaired) electrons. The summed E-state index contributed by atoms with van der Waals surface area (Å²) in [6.07, 6.45) is 1.13. The maximum absolute atomic E-state index is 14.5. The van der Waals surface area contributed by atoms with Crippen molar-refractivity contribution < 1.29 is 26.4 Å². The van der Waals surface area contributed by atoms with Gasteiger partial charge in [0, 0.05) is 24.4 Å². The normalized spacial score (nSPS) is 20.5. The Morgan fingerprint density at radius 3 is 2.73 bits per heavy atom. The number of halogens is 2. The summed E-state index contributed by atoms with van der Waals surface area (Å²) in [5, 5.41) is 2.52. The minimum Gasteiger partial charge on any atom is -0.432 e. The number of hydrogen-bond acceptors (Lipinski definition) is 6. The maximum atomic E-state index is 14.5. The molecule has 1 N–H and O–H groups in total. The molecule has 0 fully saturated rings. The van der Waals surface area contributed by atoms with Gasteiger partial charge in [0.15, 0.2) is 5.58 Å². The van der Waals surface area contributed by atoms with Crippen molar-refractivity contribution in [3.05, 3.63) is 59.5 Å². The van der Waals surface area contributed by atoms with E-state index in [2.05, 4.69) is 15.3 Å². The second-order valence-corrected chi connectivity index (χ2v) is 9.10. The van der Waals surface area contributed by atoms with E-state index in [-0.39, 0.29) is 22.7 Å². The molecule has 0 spiro atoms. The van der Waals surface area contributed by atoms with Crippen molar-refractivity contribution in [3.63, 3.8) is 0 Å². The Labute approximate surface area is 170 Å². The first-order chi connectivity index (χ1) is 14.1. The van der Waals surface area contributed by atoms with E-state index in [1.807, 2.05) is 0 Å². The number of nitrogens with zero attached hydrogens (tertiary/aromatic N) is 3. The minimum absolute atomic E-state index is 0.00728. The average Bonchev–Trinajstić information content (AvgIpc) is 3.09. The number of nitrogens with one attached hydrogen (secondary N) is 1. The summed E-state index contributed by atoms with van der Waals surface area (Å²) < 4.78 is 58.5. The van der Waals surface area contributed by atoms with Crippen molar-refractivity contribution in [3.8, 4) is 0 Å². The first-order valence-electron chi connectivity index (χ1n) is 8.76. The van der Waals surface area contributed by atoms with E-state index in [0.717, 1.165) is 22.8 Å². The van der Waals surface area contributed by atoms with Crippen LogP contribution >= 0.6 is 0 Å². The number of oxazole rings is 1. The van der Waals surface area contributed by atoms with Crippen molar-refractivity contribution in [2.24, 2.45) is 4.99 Å².